The maximum Gasteiger partial charge on any atom is 0.278 e. The van der Waals surface area contributed by atoms with Crippen LogP contribution in [0.2, 0.25) is 5.02 Å². The van der Waals surface area contributed by atoms with E-state index in [9.17, 15) is 4.79 Å². The maximum atomic E-state index is 12.6. The number of fused-ring (bicyclic) bond motifs is 1. The molecule has 3 aromatic rings. The molecule has 0 bridgehead atoms. The molecule has 0 amide bonds. The van der Waals surface area contributed by atoms with Gasteiger partial charge < -0.3 is 4.90 Å². The van der Waals surface area contributed by atoms with Gasteiger partial charge in [0.05, 0.1) is 5.02 Å². The van der Waals surface area contributed by atoms with Gasteiger partial charge in [-0.2, -0.15) is 5.10 Å². The minimum atomic E-state index is -0.189. The monoisotopic (exact) mass is 359 g/mol. The predicted molar refractivity (Wildman–Crippen MR) is 102 cm³/mol. The quantitative estimate of drug-likeness (QED) is 0.730. The van der Waals surface area contributed by atoms with Gasteiger partial charge >= 0.3 is 0 Å². The second-order valence-corrected chi connectivity index (χ2v) is 6.43. The van der Waals surface area contributed by atoms with Crippen molar-refractivity contribution in [1.29, 1.82) is 0 Å². The standard InChI is InChI=1S/C18H22ClN5O/c1-4-10-24(11-5-2)18-20-15-14(12-8-6-7-9-13(12)19)22-23(3)16(15)17(25)21-18/h6-9H,4-5,10-11H2,1-3H3,(H,20,21,25). The van der Waals surface area contributed by atoms with Crippen LogP contribution >= 0.6 is 11.6 Å². The largest absolute Gasteiger partial charge is 0.342 e. The van der Waals surface area contributed by atoms with Crippen LogP contribution in [-0.4, -0.2) is 32.8 Å². The number of anilines is 1. The fraction of sp³-hybridized carbons (Fsp3) is 0.389. The highest BCUT2D eigenvalue weighted by Gasteiger charge is 2.19. The molecule has 0 unspecified atom stereocenters. The van der Waals surface area contributed by atoms with Crippen molar-refractivity contribution in [3.8, 4) is 11.3 Å². The SMILES string of the molecule is CCCN(CCC)c1nc2c(-c3ccccc3Cl)nn(C)c2c(=O)[nH]1. The summed E-state index contributed by atoms with van der Waals surface area (Å²) in [7, 11) is 1.75. The highest BCUT2D eigenvalue weighted by Crippen LogP contribution is 2.31. The molecule has 3 rings (SSSR count). The predicted octanol–water partition coefficient (Wildman–Crippen LogP) is 3.60. The van der Waals surface area contributed by atoms with E-state index in [1.165, 1.54) is 0 Å². The molecule has 2 heterocycles. The molecule has 6 nitrogen and oxygen atoms in total. The van der Waals surface area contributed by atoms with Gasteiger partial charge in [-0.1, -0.05) is 43.6 Å². The molecule has 0 spiro atoms. The second kappa shape index (κ2) is 7.27. The lowest BCUT2D eigenvalue weighted by Gasteiger charge is -2.21. The van der Waals surface area contributed by atoms with Gasteiger partial charge in [-0.15, -0.1) is 0 Å². The molecule has 0 aliphatic rings. The lowest BCUT2D eigenvalue weighted by Crippen LogP contribution is -2.29. The smallest absolute Gasteiger partial charge is 0.278 e. The molecule has 0 saturated carbocycles. The zero-order chi connectivity index (χ0) is 18.0. The number of hydrogen-bond acceptors (Lipinski definition) is 4. The minimum Gasteiger partial charge on any atom is -0.342 e. The number of aryl methyl sites for hydroxylation is 1. The third kappa shape index (κ3) is 3.26. The summed E-state index contributed by atoms with van der Waals surface area (Å²) in [5.74, 6) is 0.586. The fourth-order valence-electron chi connectivity index (χ4n) is 3.02. The lowest BCUT2D eigenvalue weighted by molar-refractivity contribution is 0.721. The number of nitrogens with one attached hydrogen (secondary N) is 1. The molecule has 0 radical (unpaired) electrons. The third-order valence-electron chi connectivity index (χ3n) is 4.10. The van der Waals surface area contributed by atoms with Gasteiger partial charge in [-0.05, 0) is 18.9 Å². The molecule has 132 valence electrons. The molecule has 2 aromatic heterocycles. The first-order chi connectivity index (χ1) is 12.1. The van der Waals surface area contributed by atoms with E-state index < -0.39 is 0 Å². The van der Waals surface area contributed by atoms with Crippen molar-refractivity contribution >= 4 is 28.6 Å². The molecule has 0 saturated heterocycles. The number of hydrogen-bond donors (Lipinski definition) is 1. The van der Waals surface area contributed by atoms with Crippen molar-refractivity contribution in [3.63, 3.8) is 0 Å². The van der Waals surface area contributed by atoms with E-state index in [1.54, 1.807) is 11.7 Å². The van der Waals surface area contributed by atoms with Gasteiger partial charge in [0.2, 0.25) is 5.95 Å². The van der Waals surface area contributed by atoms with Crippen LogP contribution in [0.5, 0.6) is 0 Å². The average Bonchev–Trinajstić information content (AvgIpc) is 2.92. The molecule has 0 aliphatic carbocycles. The second-order valence-electron chi connectivity index (χ2n) is 6.03. The molecule has 0 aliphatic heterocycles. The summed E-state index contributed by atoms with van der Waals surface area (Å²) in [5.41, 5.74) is 2.24. The van der Waals surface area contributed by atoms with Crippen LogP contribution < -0.4 is 10.5 Å². The molecule has 1 N–H and O–H groups in total. The molecular weight excluding hydrogens is 338 g/mol. The van der Waals surface area contributed by atoms with Crippen LogP contribution in [0.4, 0.5) is 5.95 Å². The number of nitrogens with zero attached hydrogens (tertiary/aromatic N) is 4. The highest BCUT2D eigenvalue weighted by molar-refractivity contribution is 6.33. The average molecular weight is 360 g/mol. The van der Waals surface area contributed by atoms with E-state index in [0.29, 0.717) is 27.7 Å². The Hall–Kier alpha value is -2.34. The van der Waals surface area contributed by atoms with Crippen molar-refractivity contribution in [2.24, 2.45) is 7.05 Å². The van der Waals surface area contributed by atoms with Crippen LogP contribution in [0.1, 0.15) is 26.7 Å². The Morgan fingerprint density at radius 1 is 1.20 bits per heavy atom. The topological polar surface area (TPSA) is 66.8 Å². The van der Waals surface area contributed by atoms with Gasteiger partial charge in [0.15, 0.2) is 5.52 Å². The van der Waals surface area contributed by atoms with Crippen molar-refractivity contribution < 1.29 is 0 Å². The van der Waals surface area contributed by atoms with Crippen molar-refractivity contribution in [2.75, 3.05) is 18.0 Å². The number of aromatic amines is 1. The van der Waals surface area contributed by atoms with Gasteiger partial charge in [0.1, 0.15) is 11.2 Å². The lowest BCUT2D eigenvalue weighted by atomic mass is 10.1. The fourth-order valence-corrected chi connectivity index (χ4v) is 3.24. The van der Waals surface area contributed by atoms with E-state index >= 15 is 0 Å². The number of aromatic nitrogens is 4. The number of benzene rings is 1. The first-order valence-corrected chi connectivity index (χ1v) is 8.91. The molecular formula is C18H22ClN5O. The molecule has 0 atom stereocenters. The van der Waals surface area contributed by atoms with Crippen LogP contribution in [0, 0.1) is 0 Å². The Morgan fingerprint density at radius 3 is 2.52 bits per heavy atom. The zero-order valence-corrected chi connectivity index (χ0v) is 15.5. The van der Waals surface area contributed by atoms with E-state index in [4.69, 9.17) is 16.6 Å². The van der Waals surface area contributed by atoms with E-state index in [-0.39, 0.29) is 5.56 Å². The van der Waals surface area contributed by atoms with Gasteiger partial charge in [0.25, 0.3) is 5.56 Å². The Bertz CT molecular complexity index is 940. The van der Waals surface area contributed by atoms with Gasteiger partial charge in [-0.3, -0.25) is 14.5 Å². The van der Waals surface area contributed by atoms with Crippen LogP contribution in [0.15, 0.2) is 29.1 Å². The van der Waals surface area contributed by atoms with Crippen molar-refractivity contribution in [2.45, 2.75) is 26.7 Å². The summed E-state index contributed by atoms with van der Waals surface area (Å²) in [5, 5.41) is 5.09. The molecule has 0 fully saturated rings. The zero-order valence-electron chi connectivity index (χ0n) is 14.7. The summed E-state index contributed by atoms with van der Waals surface area (Å²) in [6.45, 7) is 5.89. The van der Waals surface area contributed by atoms with Crippen molar-refractivity contribution in [3.05, 3.63) is 39.6 Å². The van der Waals surface area contributed by atoms with Crippen LogP contribution in [-0.2, 0) is 7.05 Å². The molecule has 1 aromatic carbocycles. The van der Waals surface area contributed by atoms with E-state index in [1.807, 2.05) is 24.3 Å². The Kier molecular flexibility index (Phi) is 5.08. The number of halogens is 1. The molecule has 25 heavy (non-hydrogen) atoms. The Balaban J connectivity index is 2.24. The van der Waals surface area contributed by atoms with Gasteiger partial charge in [-0.25, -0.2) is 4.98 Å². The summed E-state index contributed by atoms with van der Waals surface area (Å²) in [4.78, 5) is 22.4. The molecule has 7 heteroatoms. The first-order valence-electron chi connectivity index (χ1n) is 8.53. The highest BCUT2D eigenvalue weighted by atomic mass is 35.5. The van der Waals surface area contributed by atoms with Crippen molar-refractivity contribution in [1.82, 2.24) is 19.7 Å². The third-order valence-corrected chi connectivity index (χ3v) is 4.43. The summed E-state index contributed by atoms with van der Waals surface area (Å²) < 4.78 is 1.56. The normalized spacial score (nSPS) is 11.2. The van der Waals surface area contributed by atoms with E-state index in [2.05, 4.69) is 28.8 Å². The Labute approximate surface area is 151 Å². The summed E-state index contributed by atoms with van der Waals surface area (Å²) in [6.07, 6.45) is 1.96. The maximum absolute atomic E-state index is 12.6. The van der Waals surface area contributed by atoms with Gasteiger partial charge in [0, 0.05) is 25.7 Å². The summed E-state index contributed by atoms with van der Waals surface area (Å²) in [6, 6.07) is 7.47. The van der Waals surface area contributed by atoms with Crippen LogP contribution in [0.3, 0.4) is 0 Å². The Morgan fingerprint density at radius 2 is 1.88 bits per heavy atom. The van der Waals surface area contributed by atoms with Crippen LogP contribution in [0.25, 0.3) is 22.3 Å². The minimum absolute atomic E-state index is 0.189. The van der Waals surface area contributed by atoms with E-state index in [0.717, 1.165) is 31.5 Å². The number of rotatable bonds is 6. The first kappa shape index (κ1) is 17.5. The number of H-pyrrole nitrogens is 1. The summed E-state index contributed by atoms with van der Waals surface area (Å²) >= 11 is 6.34.